The predicted molar refractivity (Wildman–Crippen MR) is 130 cm³/mol. The largest absolute Gasteiger partial charge is 0.497 e. The van der Waals surface area contributed by atoms with E-state index in [0.29, 0.717) is 0 Å². The van der Waals surface area contributed by atoms with E-state index in [-0.39, 0.29) is 0 Å². The van der Waals surface area contributed by atoms with Gasteiger partial charge in [0, 0.05) is 23.1 Å². The zero-order valence-corrected chi connectivity index (χ0v) is 18.9. The molecule has 0 atom stereocenters. The molecule has 0 saturated heterocycles. The van der Waals surface area contributed by atoms with Crippen LogP contribution >= 0.6 is 0 Å². The summed E-state index contributed by atoms with van der Waals surface area (Å²) < 4.78 is 5.56. The second-order valence-corrected chi connectivity index (χ2v) is 8.00. The van der Waals surface area contributed by atoms with Crippen molar-refractivity contribution in [1.29, 1.82) is 0 Å². The van der Waals surface area contributed by atoms with Gasteiger partial charge in [0.25, 0.3) is 0 Å². The number of methoxy groups -OCH3 is 1. The molecule has 0 aliphatic rings. The van der Waals surface area contributed by atoms with Crippen molar-refractivity contribution in [3.63, 3.8) is 0 Å². The molecule has 0 spiro atoms. The molecule has 0 aliphatic carbocycles. The minimum absolute atomic E-state index is 0.880. The minimum atomic E-state index is 0.880. The van der Waals surface area contributed by atoms with Gasteiger partial charge in [-0.15, -0.1) is 0 Å². The van der Waals surface area contributed by atoms with Gasteiger partial charge in [-0.2, -0.15) is 0 Å². The predicted octanol–water partition coefficient (Wildman–Crippen LogP) is 8.16. The zero-order valence-electron chi connectivity index (χ0n) is 18.9. The molecule has 0 amide bonds. The number of rotatable bonds is 10. The Bertz CT molecular complexity index is 947. The van der Waals surface area contributed by atoms with Crippen molar-refractivity contribution >= 4 is 17.1 Å². The first-order valence-electron chi connectivity index (χ1n) is 11.3. The molecule has 3 rings (SSSR count). The summed E-state index contributed by atoms with van der Waals surface area (Å²) in [5.41, 5.74) is 7.79. The number of unbranched alkanes of at least 4 members (excludes halogenated alkanes) is 2. The van der Waals surface area contributed by atoms with E-state index in [1.807, 2.05) is 6.07 Å². The van der Waals surface area contributed by atoms with Gasteiger partial charge in [-0.3, -0.25) is 0 Å². The monoisotopic (exact) mass is 401 g/mol. The van der Waals surface area contributed by atoms with Gasteiger partial charge >= 0.3 is 0 Å². The van der Waals surface area contributed by atoms with Gasteiger partial charge in [0.2, 0.25) is 0 Å². The van der Waals surface area contributed by atoms with Gasteiger partial charge in [0.05, 0.1) is 7.11 Å². The number of aryl methyl sites for hydroxylation is 3. The fourth-order valence-corrected chi connectivity index (χ4v) is 3.97. The van der Waals surface area contributed by atoms with Crippen LogP contribution in [0.25, 0.3) is 0 Å². The molecule has 30 heavy (non-hydrogen) atoms. The Morgan fingerprint density at radius 3 is 2.17 bits per heavy atom. The number of nitrogens with zero attached hydrogens (tertiary/aromatic N) is 1. The number of ether oxygens (including phenoxy) is 1. The highest BCUT2D eigenvalue weighted by molar-refractivity contribution is 5.81. The van der Waals surface area contributed by atoms with Crippen molar-refractivity contribution in [1.82, 2.24) is 0 Å². The van der Waals surface area contributed by atoms with Crippen LogP contribution in [0.1, 0.15) is 56.2 Å². The van der Waals surface area contributed by atoms with Crippen molar-refractivity contribution in [2.45, 2.75) is 59.3 Å². The summed E-state index contributed by atoms with van der Waals surface area (Å²) in [6.45, 7) is 6.70. The van der Waals surface area contributed by atoms with E-state index in [4.69, 9.17) is 4.74 Å². The Kier molecular flexibility index (Phi) is 7.96. The van der Waals surface area contributed by atoms with E-state index in [0.717, 1.165) is 24.3 Å². The minimum Gasteiger partial charge on any atom is -0.497 e. The fraction of sp³-hybridized carbons (Fsp3) is 0.357. The molecule has 0 unspecified atom stereocenters. The van der Waals surface area contributed by atoms with Gasteiger partial charge in [-0.1, -0.05) is 68.7 Å². The van der Waals surface area contributed by atoms with Crippen LogP contribution in [-0.4, -0.2) is 7.11 Å². The van der Waals surface area contributed by atoms with Crippen LogP contribution in [0.15, 0.2) is 66.7 Å². The van der Waals surface area contributed by atoms with Crippen molar-refractivity contribution in [2.75, 3.05) is 12.0 Å². The number of hydrogen-bond donors (Lipinski definition) is 0. The molecule has 0 radical (unpaired) electrons. The molecule has 0 aliphatic heterocycles. The van der Waals surface area contributed by atoms with E-state index >= 15 is 0 Å². The Morgan fingerprint density at radius 1 is 0.733 bits per heavy atom. The van der Waals surface area contributed by atoms with E-state index in [9.17, 15) is 0 Å². The molecular weight excluding hydrogens is 366 g/mol. The molecule has 158 valence electrons. The van der Waals surface area contributed by atoms with E-state index in [1.165, 1.54) is 53.7 Å². The second-order valence-electron chi connectivity index (χ2n) is 8.00. The second kappa shape index (κ2) is 10.9. The van der Waals surface area contributed by atoms with Crippen molar-refractivity contribution in [3.05, 3.63) is 83.4 Å². The van der Waals surface area contributed by atoms with Crippen LogP contribution in [0.5, 0.6) is 5.75 Å². The lowest BCUT2D eigenvalue weighted by Gasteiger charge is -2.30. The fourth-order valence-electron chi connectivity index (χ4n) is 3.97. The van der Waals surface area contributed by atoms with Gasteiger partial charge < -0.3 is 9.64 Å². The first kappa shape index (κ1) is 22.0. The molecule has 0 fully saturated rings. The normalized spacial score (nSPS) is 10.8. The standard InChI is InChI=1S/C28H35NO/c1-5-7-12-23-14-9-10-17-27(23)29(25-15-11-16-26(21-25)30-4)28-19-18-22(3)20-24(28)13-8-6-2/h9-11,14-21H,5-8,12-13H2,1-4H3. The van der Waals surface area contributed by atoms with Crippen molar-refractivity contribution in [2.24, 2.45) is 0 Å². The molecule has 0 saturated carbocycles. The van der Waals surface area contributed by atoms with Crippen LogP contribution in [0, 0.1) is 6.92 Å². The maximum atomic E-state index is 5.56. The van der Waals surface area contributed by atoms with Crippen molar-refractivity contribution in [3.8, 4) is 5.75 Å². The third-order valence-electron chi connectivity index (χ3n) is 5.62. The average molecular weight is 402 g/mol. The smallest absolute Gasteiger partial charge is 0.120 e. The molecule has 2 nitrogen and oxygen atoms in total. The van der Waals surface area contributed by atoms with Gasteiger partial charge in [0.15, 0.2) is 0 Å². The van der Waals surface area contributed by atoms with Crippen LogP contribution in [-0.2, 0) is 12.8 Å². The summed E-state index contributed by atoms with van der Waals surface area (Å²) >= 11 is 0. The third kappa shape index (κ3) is 5.24. The summed E-state index contributed by atoms with van der Waals surface area (Å²) in [6.07, 6.45) is 6.95. The topological polar surface area (TPSA) is 12.5 Å². The van der Waals surface area contributed by atoms with E-state index in [2.05, 4.69) is 86.3 Å². The molecule has 2 heteroatoms. The van der Waals surface area contributed by atoms with Gasteiger partial charge in [-0.25, -0.2) is 0 Å². The Balaban J connectivity index is 2.20. The zero-order chi connectivity index (χ0) is 21.3. The summed E-state index contributed by atoms with van der Waals surface area (Å²) in [6, 6.07) is 24.1. The number of para-hydroxylation sites is 1. The first-order valence-corrected chi connectivity index (χ1v) is 11.3. The maximum Gasteiger partial charge on any atom is 0.120 e. The Morgan fingerprint density at radius 2 is 1.43 bits per heavy atom. The summed E-state index contributed by atoms with van der Waals surface area (Å²) in [5.74, 6) is 0.880. The average Bonchev–Trinajstić information content (AvgIpc) is 2.78. The Labute approximate surface area is 182 Å². The highest BCUT2D eigenvalue weighted by Gasteiger charge is 2.19. The van der Waals surface area contributed by atoms with E-state index in [1.54, 1.807) is 7.11 Å². The first-order chi connectivity index (χ1) is 14.7. The number of hydrogen-bond acceptors (Lipinski definition) is 2. The lowest BCUT2D eigenvalue weighted by atomic mass is 9.99. The highest BCUT2D eigenvalue weighted by Crippen LogP contribution is 2.40. The molecule has 0 heterocycles. The van der Waals surface area contributed by atoms with Crippen LogP contribution < -0.4 is 9.64 Å². The molecule has 0 bridgehead atoms. The van der Waals surface area contributed by atoms with Gasteiger partial charge in [-0.05, 0) is 68.0 Å². The SMILES string of the molecule is CCCCc1ccccc1N(c1cccc(OC)c1)c1ccc(C)cc1CCCC. The van der Waals surface area contributed by atoms with Crippen molar-refractivity contribution < 1.29 is 4.74 Å². The molecule has 3 aromatic rings. The number of anilines is 3. The molecule has 3 aromatic carbocycles. The summed E-state index contributed by atoms with van der Waals surface area (Å²) in [4.78, 5) is 2.43. The molecule has 0 N–H and O–H groups in total. The summed E-state index contributed by atoms with van der Waals surface area (Å²) in [7, 11) is 1.73. The van der Waals surface area contributed by atoms with E-state index < -0.39 is 0 Å². The Hall–Kier alpha value is -2.74. The van der Waals surface area contributed by atoms with Crippen LogP contribution in [0.4, 0.5) is 17.1 Å². The molecular formula is C28H35NO. The van der Waals surface area contributed by atoms with Crippen LogP contribution in [0.3, 0.4) is 0 Å². The summed E-state index contributed by atoms with van der Waals surface area (Å²) in [5, 5.41) is 0. The number of benzene rings is 3. The lowest BCUT2D eigenvalue weighted by Crippen LogP contribution is -2.14. The third-order valence-corrected chi connectivity index (χ3v) is 5.62. The quantitative estimate of drug-likeness (QED) is 0.340. The lowest BCUT2D eigenvalue weighted by molar-refractivity contribution is 0.415. The van der Waals surface area contributed by atoms with Crippen LogP contribution in [0.2, 0.25) is 0 Å². The highest BCUT2D eigenvalue weighted by atomic mass is 16.5. The maximum absolute atomic E-state index is 5.56. The molecule has 0 aromatic heterocycles. The van der Waals surface area contributed by atoms with Gasteiger partial charge in [0.1, 0.15) is 5.75 Å².